The maximum Gasteiger partial charge on any atom is 0.426 e. The fourth-order valence-electron chi connectivity index (χ4n) is 3.22. The smallest absolute Gasteiger partial charge is 0.426 e. The van der Waals surface area contributed by atoms with Gasteiger partial charge < -0.3 is 14.4 Å². The molecule has 1 saturated heterocycles. The monoisotopic (exact) mass is 433 g/mol. The fourth-order valence-corrected chi connectivity index (χ4v) is 3.22. The van der Waals surface area contributed by atoms with Crippen LogP contribution in [0.25, 0.3) is 0 Å². The number of hydrazine groups is 1. The number of hydrogen-bond acceptors (Lipinski definition) is 6. The van der Waals surface area contributed by atoms with Gasteiger partial charge in [-0.05, 0) is 39.2 Å². The number of nitrogens with one attached hydrogen (secondary N) is 2. The first-order chi connectivity index (χ1) is 14.6. The van der Waals surface area contributed by atoms with Crippen LogP contribution in [0.5, 0.6) is 0 Å². The minimum atomic E-state index is -0.786. The Balaban J connectivity index is 1.83. The number of nitrogens with zero attached hydrogens (tertiary/aromatic N) is 1. The van der Waals surface area contributed by atoms with E-state index in [0.29, 0.717) is 19.4 Å². The number of likely N-dealkylation sites (tertiary alicyclic amines) is 1. The van der Waals surface area contributed by atoms with Crippen molar-refractivity contribution in [3.05, 3.63) is 35.9 Å². The molecule has 0 spiro atoms. The lowest BCUT2D eigenvalue weighted by Crippen LogP contribution is -2.53. The molecule has 0 unspecified atom stereocenters. The number of carbonyl (C=O) groups excluding carboxylic acids is 4. The molecule has 2 atom stereocenters. The molecule has 31 heavy (non-hydrogen) atoms. The summed E-state index contributed by atoms with van der Waals surface area (Å²) in [6.07, 6.45) is 0.263. The van der Waals surface area contributed by atoms with Gasteiger partial charge in [0.2, 0.25) is 5.91 Å². The van der Waals surface area contributed by atoms with Gasteiger partial charge >= 0.3 is 12.1 Å². The molecule has 2 N–H and O–H groups in total. The fraction of sp³-hybridized carbons (Fsp3) is 0.545. The van der Waals surface area contributed by atoms with Crippen molar-refractivity contribution in [3.8, 4) is 0 Å². The standard InChI is InChI=1S/C22H31N3O6/c1-15(13-18(26)30-14-16-9-6-5-7-10-16)20(28)25-12-8-11-17(25)19(27)23-24-21(29)31-22(2,3)4/h5-7,9-10,15,17H,8,11-14H2,1-4H3,(H,23,27)(H,24,29)/t15-,17+/m1/s1. The van der Waals surface area contributed by atoms with E-state index in [2.05, 4.69) is 10.9 Å². The van der Waals surface area contributed by atoms with Crippen molar-refractivity contribution >= 4 is 23.9 Å². The van der Waals surface area contributed by atoms with Gasteiger partial charge in [-0.3, -0.25) is 19.8 Å². The van der Waals surface area contributed by atoms with E-state index < -0.39 is 35.5 Å². The van der Waals surface area contributed by atoms with Crippen molar-refractivity contribution in [1.82, 2.24) is 15.8 Å². The SMILES string of the molecule is C[C@H](CC(=O)OCc1ccccc1)C(=O)N1CCC[C@H]1C(=O)NNC(=O)OC(C)(C)C. The maximum atomic E-state index is 12.8. The Hall–Kier alpha value is -3.10. The lowest BCUT2D eigenvalue weighted by Gasteiger charge is -2.27. The Bertz CT molecular complexity index is 790. The molecule has 0 bridgehead atoms. The third-order valence-electron chi connectivity index (χ3n) is 4.66. The molecule has 0 saturated carbocycles. The highest BCUT2D eigenvalue weighted by molar-refractivity contribution is 5.91. The van der Waals surface area contributed by atoms with Crippen LogP contribution in [0.4, 0.5) is 4.79 Å². The summed E-state index contributed by atoms with van der Waals surface area (Å²) in [7, 11) is 0. The van der Waals surface area contributed by atoms with Gasteiger partial charge in [0.25, 0.3) is 5.91 Å². The second-order valence-corrected chi connectivity index (χ2v) is 8.56. The van der Waals surface area contributed by atoms with Crippen LogP contribution in [-0.2, 0) is 30.5 Å². The van der Waals surface area contributed by atoms with Crippen LogP contribution in [-0.4, -0.2) is 47.0 Å². The zero-order valence-corrected chi connectivity index (χ0v) is 18.5. The van der Waals surface area contributed by atoms with E-state index in [0.717, 1.165) is 5.56 Å². The van der Waals surface area contributed by atoms with E-state index in [4.69, 9.17) is 9.47 Å². The zero-order chi connectivity index (χ0) is 23.0. The van der Waals surface area contributed by atoms with Crippen LogP contribution in [0.2, 0.25) is 0 Å². The quantitative estimate of drug-likeness (QED) is 0.526. The third-order valence-corrected chi connectivity index (χ3v) is 4.66. The zero-order valence-electron chi connectivity index (χ0n) is 18.5. The highest BCUT2D eigenvalue weighted by Gasteiger charge is 2.36. The molecule has 170 valence electrons. The van der Waals surface area contributed by atoms with Gasteiger partial charge in [0.15, 0.2) is 0 Å². The minimum Gasteiger partial charge on any atom is -0.461 e. The second-order valence-electron chi connectivity index (χ2n) is 8.56. The van der Waals surface area contributed by atoms with Crippen LogP contribution in [0.15, 0.2) is 30.3 Å². The number of rotatable bonds is 6. The Morgan fingerprint density at radius 1 is 1.13 bits per heavy atom. The number of carbonyl (C=O) groups is 4. The van der Waals surface area contributed by atoms with Crippen LogP contribution >= 0.6 is 0 Å². The summed E-state index contributed by atoms with van der Waals surface area (Å²) >= 11 is 0. The Morgan fingerprint density at radius 2 is 1.81 bits per heavy atom. The predicted octanol–water partition coefficient (Wildman–Crippen LogP) is 2.30. The number of esters is 1. The highest BCUT2D eigenvalue weighted by atomic mass is 16.6. The van der Waals surface area contributed by atoms with Gasteiger partial charge in [0, 0.05) is 12.5 Å². The minimum absolute atomic E-state index is 0.0767. The van der Waals surface area contributed by atoms with Crippen molar-refractivity contribution < 1.29 is 28.7 Å². The van der Waals surface area contributed by atoms with Crippen molar-refractivity contribution in [2.75, 3.05) is 6.54 Å². The number of hydrogen-bond donors (Lipinski definition) is 2. The summed E-state index contributed by atoms with van der Waals surface area (Å²) < 4.78 is 10.3. The molecule has 1 aliphatic heterocycles. The average molecular weight is 434 g/mol. The van der Waals surface area contributed by atoms with Crippen molar-refractivity contribution in [2.24, 2.45) is 5.92 Å². The summed E-state index contributed by atoms with van der Waals surface area (Å²) in [6.45, 7) is 7.31. The topological polar surface area (TPSA) is 114 Å². The summed E-state index contributed by atoms with van der Waals surface area (Å²) in [6, 6.07) is 8.56. The van der Waals surface area contributed by atoms with E-state index in [1.165, 1.54) is 4.90 Å². The molecule has 9 nitrogen and oxygen atoms in total. The molecular weight excluding hydrogens is 402 g/mol. The Labute approximate surface area is 182 Å². The molecule has 1 aromatic rings. The number of amides is 3. The second kappa shape index (κ2) is 10.8. The first-order valence-electron chi connectivity index (χ1n) is 10.4. The normalized spacial score (nSPS) is 16.9. The van der Waals surface area contributed by atoms with Crippen LogP contribution < -0.4 is 10.9 Å². The summed E-state index contributed by atoms with van der Waals surface area (Å²) in [5, 5.41) is 0. The largest absolute Gasteiger partial charge is 0.461 e. The number of ether oxygens (including phenoxy) is 2. The molecule has 1 heterocycles. The lowest BCUT2D eigenvalue weighted by atomic mass is 10.1. The van der Waals surface area contributed by atoms with E-state index in [1.54, 1.807) is 27.7 Å². The summed E-state index contributed by atoms with van der Waals surface area (Å²) in [4.78, 5) is 50.6. The number of benzene rings is 1. The molecule has 1 aromatic carbocycles. The molecule has 2 rings (SSSR count). The van der Waals surface area contributed by atoms with Crippen LogP contribution in [0.3, 0.4) is 0 Å². The Morgan fingerprint density at radius 3 is 2.45 bits per heavy atom. The maximum absolute atomic E-state index is 12.8. The third kappa shape index (κ3) is 7.92. The molecule has 0 aliphatic carbocycles. The predicted molar refractivity (Wildman–Crippen MR) is 112 cm³/mol. The van der Waals surface area contributed by atoms with E-state index in [9.17, 15) is 19.2 Å². The Kier molecular flexibility index (Phi) is 8.41. The highest BCUT2D eigenvalue weighted by Crippen LogP contribution is 2.21. The van der Waals surface area contributed by atoms with E-state index >= 15 is 0 Å². The van der Waals surface area contributed by atoms with Crippen LogP contribution in [0.1, 0.15) is 52.5 Å². The van der Waals surface area contributed by atoms with Gasteiger partial charge in [-0.15, -0.1) is 0 Å². The molecule has 3 amide bonds. The van der Waals surface area contributed by atoms with Crippen molar-refractivity contribution in [3.63, 3.8) is 0 Å². The van der Waals surface area contributed by atoms with E-state index in [-0.39, 0.29) is 18.9 Å². The van der Waals surface area contributed by atoms with Gasteiger partial charge in [-0.2, -0.15) is 0 Å². The molecule has 0 radical (unpaired) electrons. The van der Waals surface area contributed by atoms with Crippen LogP contribution in [0, 0.1) is 5.92 Å². The molecule has 1 aliphatic rings. The first kappa shape index (κ1) is 24.2. The van der Waals surface area contributed by atoms with Gasteiger partial charge in [-0.25, -0.2) is 10.2 Å². The van der Waals surface area contributed by atoms with Crippen molar-refractivity contribution in [1.29, 1.82) is 0 Å². The summed E-state index contributed by atoms with van der Waals surface area (Å²) in [5.74, 6) is -1.91. The van der Waals surface area contributed by atoms with Gasteiger partial charge in [0.05, 0.1) is 6.42 Å². The van der Waals surface area contributed by atoms with Gasteiger partial charge in [-0.1, -0.05) is 37.3 Å². The van der Waals surface area contributed by atoms with E-state index in [1.807, 2.05) is 30.3 Å². The average Bonchev–Trinajstić information content (AvgIpc) is 3.19. The molecule has 0 aromatic heterocycles. The summed E-state index contributed by atoms with van der Waals surface area (Å²) in [5.41, 5.74) is 4.66. The van der Waals surface area contributed by atoms with Crippen molar-refractivity contribution in [2.45, 2.75) is 65.2 Å². The molecule has 1 fully saturated rings. The lowest BCUT2D eigenvalue weighted by molar-refractivity contribution is -0.150. The molecular formula is C22H31N3O6. The molecule has 9 heteroatoms. The first-order valence-corrected chi connectivity index (χ1v) is 10.4. The van der Waals surface area contributed by atoms with Gasteiger partial charge in [0.1, 0.15) is 18.2 Å².